The molecule has 15 heavy (non-hydrogen) atoms. The molecule has 0 saturated heterocycles. The first-order chi connectivity index (χ1) is 6.82. The molecule has 1 aromatic heterocycles. The van der Waals surface area contributed by atoms with Crippen molar-refractivity contribution in [3.8, 4) is 5.75 Å². The molecule has 84 valence electrons. The minimum absolute atomic E-state index is 0.590. The first-order valence-electron chi connectivity index (χ1n) is 3.49. The number of halogens is 6. The molecule has 0 spiro atoms. The van der Waals surface area contributed by atoms with Crippen molar-refractivity contribution >= 4 is 15.9 Å². The van der Waals surface area contributed by atoms with Gasteiger partial charge in [-0.05, 0) is 22.0 Å². The van der Waals surface area contributed by atoms with Crippen LogP contribution in [0.3, 0.4) is 0 Å². The Hall–Kier alpha value is -0.920. The molecule has 0 unspecified atom stereocenters. The van der Waals surface area contributed by atoms with E-state index in [0.29, 0.717) is 0 Å². The van der Waals surface area contributed by atoms with Gasteiger partial charge in [0.05, 0.1) is 0 Å². The average molecular weight is 292 g/mol. The zero-order chi connectivity index (χ0) is 11.6. The third kappa shape index (κ3) is 3.01. The van der Waals surface area contributed by atoms with Gasteiger partial charge in [-0.1, -0.05) is 0 Å². The third-order valence-electron chi connectivity index (χ3n) is 1.37. The quantitative estimate of drug-likeness (QED) is 0.615. The highest BCUT2D eigenvalue weighted by Crippen LogP contribution is 2.40. The van der Waals surface area contributed by atoms with Crippen molar-refractivity contribution in [1.82, 2.24) is 4.98 Å². The summed E-state index contributed by atoms with van der Waals surface area (Å²) in [6.45, 7) is -3.32. The first kappa shape index (κ1) is 12.2. The molecule has 8 heteroatoms. The van der Waals surface area contributed by atoms with Gasteiger partial charge in [0.15, 0.2) is 0 Å². The molecule has 0 fully saturated rings. The Balaban J connectivity index is 3.21. The van der Waals surface area contributed by atoms with E-state index in [2.05, 4.69) is 25.7 Å². The summed E-state index contributed by atoms with van der Waals surface area (Å²) in [7, 11) is 0. The molecule has 0 atom stereocenters. The van der Waals surface area contributed by atoms with Crippen LogP contribution < -0.4 is 4.74 Å². The maximum absolute atomic E-state index is 12.4. The van der Waals surface area contributed by atoms with E-state index in [0.717, 1.165) is 12.3 Å². The maximum Gasteiger partial charge on any atom is 0.422 e. The molecule has 0 aromatic carbocycles. The van der Waals surface area contributed by atoms with Gasteiger partial charge < -0.3 is 4.74 Å². The summed E-state index contributed by atoms with van der Waals surface area (Å²) < 4.78 is 63.8. The summed E-state index contributed by atoms with van der Waals surface area (Å²) in [6.07, 6.45) is -3.88. The summed E-state index contributed by atoms with van der Waals surface area (Å²) in [5.41, 5.74) is -1.36. The van der Waals surface area contributed by atoms with Crippen LogP contribution in [0.5, 0.6) is 5.75 Å². The van der Waals surface area contributed by atoms with Crippen molar-refractivity contribution in [2.75, 3.05) is 0 Å². The van der Waals surface area contributed by atoms with Gasteiger partial charge in [0, 0.05) is 6.20 Å². The smallest absolute Gasteiger partial charge is 0.422 e. The Morgan fingerprint density at radius 3 is 2.40 bits per heavy atom. The number of hydrogen-bond acceptors (Lipinski definition) is 2. The van der Waals surface area contributed by atoms with Crippen LogP contribution in [0.15, 0.2) is 16.9 Å². The molecule has 0 aliphatic rings. The summed E-state index contributed by atoms with van der Waals surface area (Å²) >= 11 is 2.52. The SMILES string of the molecule is FC(F)Oc1ccnc(Br)c1C(F)(F)F. The number of alkyl halides is 5. The molecule has 1 rings (SSSR count). The molecule has 0 N–H and O–H groups in total. The topological polar surface area (TPSA) is 22.1 Å². The molecule has 0 bridgehead atoms. The lowest BCUT2D eigenvalue weighted by Crippen LogP contribution is -2.12. The lowest BCUT2D eigenvalue weighted by molar-refractivity contribution is -0.142. The van der Waals surface area contributed by atoms with E-state index < -0.39 is 28.7 Å². The van der Waals surface area contributed by atoms with Crippen molar-refractivity contribution in [3.63, 3.8) is 0 Å². The molecule has 0 aliphatic heterocycles. The minimum Gasteiger partial charge on any atom is -0.434 e. The van der Waals surface area contributed by atoms with E-state index in [1.807, 2.05) is 0 Å². The summed E-state index contributed by atoms with van der Waals surface area (Å²) in [5, 5.41) is 0. The number of pyridine rings is 1. The maximum atomic E-state index is 12.4. The fourth-order valence-corrected chi connectivity index (χ4v) is 1.41. The van der Waals surface area contributed by atoms with Crippen molar-refractivity contribution in [1.29, 1.82) is 0 Å². The van der Waals surface area contributed by atoms with Crippen LogP contribution in [0.1, 0.15) is 5.56 Å². The Morgan fingerprint density at radius 2 is 1.93 bits per heavy atom. The Bertz CT molecular complexity index is 354. The molecule has 1 heterocycles. The lowest BCUT2D eigenvalue weighted by Gasteiger charge is -2.13. The second kappa shape index (κ2) is 4.30. The van der Waals surface area contributed by atoms with Gasteiger partial charge in [-0.25, -0.2) is 4.98 Å². The molecule has 0 aliphatic carbocycles. The number of rotatable bonds is 2. The molecular weight excluding hydrogens is 289 g/mol. The first-order valence-corrected chi connectivity index (χ1v) is 4.28. The van der Waals surface area contributed by atoms with E-state index in [4.69, 9.17) is 0 Å². The highest BCUT2D eigenvalue weighted by atomic mass is 79.9. The Labute approximate surface area is 89.2 Å². The number of aromatic nitrogens is 1. The van der Waals surface area contributed by atoms with Gasteiger partial charge in [0.2, 0.25) is 0 Å². The monoisotopic (exact) mass is 291 g/mol. The minimum atomic E-state index is -4.81. The van der Waals surface area contributed by atoms with E-state index in [1.165, 1.54) is 0 Å². The van der Waals surface area contributed by atoms with Crippen LogP contribution in [0, 0.1) is 0 Å². The largest absolute Gasteiger partial charge is 0.434 e. The van der Waals surface area contributed by atoms with Gasteiger partial charge in [-0.3, -0.25) is 0 Å². The molecule has 2 nitrogen and oxygen atoms in total. The normalized spacial score (nSPS) is 11.9. The number of nitrogens with zero attached hydrogens (tertiary/aromatic N) is 1. The molecule has 0 amide bonds. The van der Waals surface area contributed by atoms with E-state index in [-0.39, 0.29) is 0 Å². The predicted octanol–water partition coefficient (Wildman–Crippen LogP) is 3.46. The van der Waals surface area contributed by atoms with Crippen molar-refractivity contribution in [3.05, 3.63) is 22.4 Å². The van der Waals surface area contributed by atoms with E-state index in [1.54, 1.807) is 0 Å². The zero-order valence-electron chi connectivity index (χ0n) is 6.86. The second-order valence-corrected chi connectivity index (χ2v) is 3.10. The van der Waals surface area contributed by atoms with Gasteiger partial charge >= 0.3 is 12.8 Å². The van der Waals surface area contributed by atoms with Crippen LogP contribution in [0.4, 0.5) is 22.0 Å². The van der Waals surface area contributed by atoms with Crippen molar-refractivity contribution in [2.24, 2.45) is 0 Å². The summed E-state index contributed by atoms with van der Waals surface area (Å²) in [6, 6.07) is 0.722. The van der Waals surface area contributed by atoms with E-state index in [9.17, 15) is 22.0 Å². The Kier molecular flexibility index (Phi) is 3.48. The fourth-order valence-electron chi connectivity index (χ4n) is 0.871. The molecule has 0 saturated carbocycles. The van der Waals surface area contributed by atoms with Crippen molar-refractivity contribution in [2.45, 2.75) is 12.8 Å². The van der Waals surface area contributed by atoms with Crippen LogP contribution in [-0.4, -0.2) is 11.6 Å². The third-order valence-corrected chi connectivity index (χ3v) is 1.97. The van der Waals surface area contributed by atoms with Crippen LogP contribution >= 0.6 is 15.9 Å². The molecule has 1 aromatic rings. The van der Waals surface area contributed by atoms with Crippen LogP contribution in [0.25, 0.3) is 0 Å². The fraction of sp³-hybridized carbons (Fsp3) is 0.286. The molecule has 0 radical (unpaired) electrons. The van der Waals surface area contributed by atoms with E-state index >= 15 is 0 Å². The Morgan fingerprint density at radius 1 is 1.33 bits per heavy atom. The second-order valence-electron chi connectivity index (χ2n) is 2.35. The number of hydrogen-bond donors (Lipinski definition) is 0. The van der Waals surface area contributed by atoms with Gasteiger partial charge in [-0.15, -0.1) is 0 Å². The number of ether oxygens (including phenoxy) is 1. The summed E-state index contributed by atoms with van der Waals surface area (Å²) in [5.74, 6) is -0.959. The van der Waals surface area contributed by atoms with Gasteiger partial charge in [0.25, 0.3) is 0 Å². The highest BCUT2D eigenvalue weighted by molar-refractivity contribution is 9.10. The zero-order valence-corrected chi connectivity index (χ0v) is 8.44. The predicted molar refractivity (Wildman–Crippen MR) is 43.6 cm³/mol. The van der Waals surface area contributed by atoms with Gasteiger partial charge in [0.1, 0.15) is 15.9 Å². The molecular formula is C7H3BrF5NO. The average Bonchev–Trinajstić information content (AvgIpc) is 1.99. The lowest BCUT2D eigenvalue weighted by atomic mass is 10.2. The van der Waals surface area contributed by atoms with Crippen LogP contribution in [-0.2, 0) is 6.18 Å². The van der Waals surface area contributed by atoms with Gasteiger partial charge in [-0.2, -0.15) is 22.0 Å². The van der Waals surface area contributed by atoms with Crippen LogP contribution in [0.2, 0.25) is 0 Å². The standard InChI is InChI=1S/C7H3BrF5NO/c8-5-4(7(11,12)13)3(1-2-14-5)15-6(9)10/h1-2,6H. The highest BCUT2D eigenvalue weighted by Gasteiger charge is 2.38. The van der Waals surface area contributed by atoms with Crippen molar-refractivity contribution < 1.29 is 26.7 Å². The summed E-state index contributed by atoms with van der Waals surface area (Å²) in [4.78, 5) is 3.29.